The van der Waals surface area contributed by atoms with E-state index in [0.29, 0.717) is 0 Å². The number of aromatic nitrogens is 3. The van der Waals surface area contributed by atoms with E-state index in [-0.39, 0.29) is 51.3 Å². The molecule has 0 amide bonds. The standard InChI is InChI=1S/C19H19Cl2N5O6S/c1-8(2)10-6-14(23-24-18-15(10)32-18)31-16-11(20)4-9(5-12(16)21)26-19(28)22-17(27)13(25-26)7-33(3,29)30/h4-6,8,15,18,24H,7H2,1-3H3,(H,22,27,28). The molecule has 0 radical (unpaired) electrons. The molecular formula is C19H19Cl2N5O6S. The Balaban J connectivity index is 1.69. The van der Waals surface area contributed by atoms with Crippen LogP contribution in [0, 0.1) is 5.92 Å². The molecule has 1 aromatic heterocycles. The maximum atomic E-state index is 12.3. The van der Waals surface area contributed by atoms with Gasteiger partial charge in [-0.05, 0) is 23.6 Å². The number of hydrogen-bond donors (Lipinski definition) is 2. The minimum atomic E-state index is -3.57. The van der Waals surface area contributed by atoms with Crippen LogP contribution in [0.2, 0.25) is 10.0 Å². The van der Waals surface area contributed by atoms with Gasteiger partial charge in [-0.15, -0.1) is 5.10 Å². The third-order valence-electron chi connectivity index (χ3n) is 4.81. The van der Waals surface area contributed by atoms with Gasteiger partial charge in [0, 0.05) is 12.3 Å². The fourth-order valence-corrected chi connectivity index (χ4v) is 4.46. The Kier molecular flexibility index (Phi) is 6.12. The van der Waals surface area contributed by atoms with Gasteiger partial charge in [-0.25, -0.2) is 13.2 Å². The second-order valence-electron chi connectivity index (χ2n) is 7.88. The van der Waals surface area contributed by atoms with E-state index in [1.54, 1.807) is 6.08 Å². The summed E-state index contributed by atoms with van der Waals surface area (Å²) in [6.45, 7) is 4.05. The number of hydrazone groups is 1. The Morgan fingerprint density at radius 3 is 2.52 bits per heavy atom. The number of nitrogens with one attached hydrogen (secondary N) is 2. The predicted octanol–water partition coefficient (Wildman–Crippen LogP) is 1.37. The molecule has 11 nitrogen and oxygen atoms in total. The van der Waals surface area contributed by atoms with Gasteiger partial charge in [0.2, 0.25) is 5.90 Å². The average molecular weight is 516 g/mol. The summed E-state index contributed by atoms with van der Waals surface area (Å²) in [6, 6.07) is 2.69. The number of sulfone groups is 1. The smallest absolute Gasteiger partial charge is 0.349 e. The van der Waals surface area contributed by atoms with E-state index >= 15 is 0 Å². The zero-order chi connectivity index (χ0) is 24.1. The molecule has 2 atom stereocenters. The Morgan fingerprint density at radius 1 is 1.24 bits per heavy atom. The molecular weight excluding hydrogens is 497 g/mol. The Hall–Kier alpha value is -2.67. The molecule has 3 heterocycles. The number of nitrogens with zero attached hydrogens (tertiary/aromatic N) is 3. The molecule has 14 heteroatoms. The molecule has 2 unspecified atom stereocenters. The minimum absolute atomic E-state index is 0.0370. The highest BCUT2D eigenvalue weighted by Crippen LogP contribution is 2.37. The highest BCUT2D eigenvalue weighted by Gasteiger charge is 2.44. The average Bonchev–Trinajstić information content (AvgIpc) is 3.46. The van der Waals surface area contributed by atoms with Crippen LogP contribution in [0.25, 0.3) is 5.69 Å². The first-order chi connectivity index (χ1) is 15.4. The van der Waals surface area contributed by atoms with Crippen molar-refractivity contribution < 1.29 is 17.9 Å². The van der Waals surface area contributed by atoms with Crippen LogP contribution >= 0.6 is 23.2 Å². The van der Waals surface area contributed by atoms with Crippen LogP contribution in [0.1, 0.15) is 19.5 Å². The van der Waals surface area contributed by atoms with E-state index in [2.05, 4.69) is 15.6 Å². The van der Waals surface area contributed by atoms with Crippen molar-refractivity contribution in [2.45, 2.75) is 31.9 Å². The number of aromatic amines is 1. The van der Waals surface area contributed by atoms with Crippen molar-refractivity contribution in [3.05, 3.63) is 60.4 Å². The van der Waals surface area contributed by atoms with Crippen molar-refractivity contribution in [1.29, 1.82) is 0 Å². The van der Waals surface area contributed by atoms with Gasteiger partial charge >= 0.3 is 5.69 Å². The molecule has 176 valence electrons. The highest BCUT2D eigenvalue weighted by molar-refractivity contribution is 7.89. The van der Waals surface area contributed by atoms with Crippen LogP contribution in [0.15, 0.2) is 38.5 Å². The van der Waals surface area contributed by atoms with Crippen molar-refractivity contribution in [1.82, 2.24) is 20.2 Å². The van der Waals surface area contributed by atoms with Gasteiger partial charge in [0.25, 0.3) is 5.56 Å². The summed E-state index contributed by atoms with van der Waals surface area (Å²) in [5, 5.41) is 8.12. The fourth-order valence-electron chi connectivity index (χ4n) is 3.22. The number of halogens is 2. The van der Waals surface area contributed by atoms with Crippen molar-refractivity contribution in [3.8, 4) is 11.4 Å². The minimum Gasteiger partial charge on any atom is -0.434 e. The Labute approximate surface area is 197 Å². The molecule has 1 aromatic carbocycles. The van der Waals surface area contributed by atoms with Gasteiger partial charge < -0.3 is 9.47 Å². The van der Waals surface area contributed by atoms with Crippen molar-refractivity contribution in [3.63, 3.8) is 0 Å². The van der Waals surface area contributed by atoms with E-state index < -0.39 is 26.8 Å². The van der Waals surface area contributed by atoms with Gasteiger partial charge in [0.05, 0.1) is 21.5 Å². The maximum absolute atomic E-state index is 12.3. The molecule has 1 fully saturated rings. The second-order valence-corrected chi connectivity index (χ2v) is 10.8. The summed E-state index contributed by atoms with van der Waals surface area (Å²) in [7, 11) is -3.57. The van der Waals surface area contributed by atoms with Gasteiger partial charge in [-0.1, -0.05) is 37.0 Å². The molecule has 4 rings (SSSR count). The SMILES string of the molecule is CC(C)C1=CC(Oc2c(Cl)cc(-n3nc(CS(C)(=O)=O)c(=O)[nH]c3=O)cc2Cl)=NNC2OC12. The number of H-pyrrole nitrogens is 1. The summed E-state index contributed by atoms with van der Waals surface area (Å²) >= 11 is 12.7. The first kappa shape index (κ1) is 23.5. The molecule has 2 N–H and O–H groups in total. The maximum Gasteiger partial charge on any atom is 0.349 e. The summed E-state index contributed by atoms with van der Waals surface area (Å²) in [4.78, 5) is 26.3. The van der Waals surface area contributed by atoms with Crippen molar-refractivity contribution >= 4 is 38.9 Å². The molecule has 0 bridgehead atoms. The van der Waals surface area contributed by atoms with E-state index in [0.717, 1.165) is 16.5 Å². The van der Waals surface area contributed by atoms with Gasteiger partial charge in [0.1, 0.15) is 11.8 Å². The van der Waals surface area contributed by atoms with Gasteiger partial charge in [-0.2, -0.15) is 9.78 Å². The van der Waals surface area contributed by atoms with E-state index in [1.165, 1.54) is 12.1 Å². The lowest BCUT2D eigenvalue weighted by Crippen LogP contribution is -2.34. The van der Waals surface area contributed by atoms with E-state index in [4.69, 9.17) is 32.7 Å². The molecule has 1 saturated heterocycles. The molecule has 0 saturated carbocycles. The van der Waals surface area contributed by atoms with Crippen molar-refractivity contribution in [2.24, 2.45) is 11.0 Å². The lowest BCUT2D eigenvalue weighted by atomic mass is 9.99. The van der Waals surface area contributed by atoms with Crippen LogP contribution in [-0.2, 0) is 20.3 Å². The summed E-state index contributed by atoms with van der Waals surface area (Å²) < 4.78 is 35.3. The fraction of sp³-hybridized carbons (Fsp3) is 0.368. The summed E-state index contributed by atoms with van der Waals surface area (Å²) in [6.07, 6.45) is 2.40. The van der Waals surface area contributed by atoms with Crippen molar-refractivity contribution in [2.75, 3.05) is 6.26 Å². The molecule has 2 aliphatic rings. The van der Waals surface area contributed by atoms with Crippen LogP contribution in [0.4, 0.5) is 0 Å². The van der Waals surface area contributed by atoms with Crippen LogP contribution in [0.5, 0.6) is 5.75 Å². The summed E-state index contributed by atoms with van der Waals surface area (Å²) in [5.41, 5.74) is 1.81. The third kappa shape index (κ3) is 5.13. The number of rotatable bonds is 5. The third-order valence-corrected chi connectivity index (χ3v) is 6.17. The first-order valence-electron chi connectivity index (χ1n) is 9.70. The second kappa shape index (κ2) is 8.60. The lowest BCUT2D eigenvalue weighted by molar-refractivity contribution is 0.349. The molecule has 2 aromatic rings. The zero-order valence-electron chi connectivity index (χ0n) is 17.6. The van der Waals surface area contributed by atoms with Gasteiger partial charge in [-0.3, -0.25) is 15.2 Å². The van der Waals surface area contributed by atoms with Crippen LogP contribution < -0.4 is 21.4 Å². The quantitative estimate of drug-likeness (QED) is 0.567. The largest absolute Gasteiger partial charge is 0.434 e. The lowest BCUT2D eigenvalue weighted by Gasteiger charge is -2.13. The van der Waals surface area contributed by atoms with Crippen LogP contribution in [-0.4, -0.2) is 47.7 Å². The first-order valence-corrected chi connectivity index (χ1v) is 12.5. The Bertz CT molecular complexity index is 1390. The van der Waals surface area contributed by atoms with Crippen LogP contribution in [0.3, 0.4) is 0 Å². The number of epoxide rings is 1. The Morgan fingerprint density at radius 2 is 1.91 bits per heavy atom. The normalized spacial score (nSPS) is 19.8. The van der Waals surface area contributed by atoms with E-state index in [9.17, 15) is 18.0 Å². The monoisotopic (exact) mass is 515 g/mol. The topological polar surface area (TPSA) is 148 Å². The highest BCUT2D eigenvalue weighted by atomic mass is 35.5. The molecule has 0 aliphatic carbocycles. The number of benzene rings is 1. The number of hydrogen-bond acceptors (Lipinski definition) is 9. The number of fused-ring (bicyclic) bond motifs is 1. The predicted molar refractivity (Wildman–Crippen MR) is 122 cm³/mol. The molecule has 33 heavy (non-hydrogen) atoms. The summed E-state index contributed by atoms with van der Waals surface area (Å²) in [5.74, 6) is -0.136. The number of ether oxygens (including phenoxy) is 2. The van der Waals surface area contributed by atoms with E-state index in [1.807, 2.05) is 18.8 Å². The molecule has 2 aliphatic heterocycles. The molecule has 0 spiro atoms. The zero-order valence-corrected chi connectivity index (χ0v) is 20.0. The van der Waals surface area contributed by atoms with Gasteiger partial charge in [0.15, 0.2) is 21.8 Å².